The molecule has 2 N–H and O–H groups in total. The Balaban J connectivity index is 3.23. The van der Waals surface area contributed by atoms with Crippen LogP contribution in [0.3, 0.4) is 0 Å². The number of hydrogen-bond acceptors (Lipinski definition) is 2. The van der Waals surface area contributed by atoms with Gasteiger partial charge in [0, 0.05) is 6.42 Å². The molecule has 0 radical (unpaired) electrons. The number of hydrogen-bond donors (Lipinski definition) is 2. The van der Waals surface area contributed by atoms with E-state index >= 15 is 0 Å². The van der Waals surface area contributed by atoms with Gasteiger partial charge in [-0.3, -0.25) is 9.59 Å². The molecule has 29 heavy (non-hydrogen) atoms. The largest absolute Gasteiger partial charge is 0.480 e. The van der Waals surface area contributed by atoms with Gasteiger partial charge in [0.1, 0.15) is 6.04 Å². The van der Waals surface area contributed by atoms with Crippen LogP contribution in [0.25, 0.3) is 0 Å². The third kappa shape index (κ3) is 21.2. The summed E-state index contributed by atoms with van der Waals surface area (Å²) in [5.41, 5.74) is 0. The van der Waals surface area contributed by atoms with Crippen LogP contribution in [-0.4, -0.2) is 23.0 Å². The number of carbonyl (C=O) groups excluding carboxylic acids is 1. The number of aliphatic carboxylic acids is 1. The molecule has 0 aliphatic rings. The Bertz CT molecular complexity index is 420. The van der Waals surface area contributed by atoms with Gasteiger partial charge in [0.05, 0.1) is 0 Å². The van der Waals surface area contributed by atoms with Crippen LogP contribution < -0.4 is 5.32 Å². The van der Waals surface area contributed by atoms with E-state index in [0.717, 1.165) is 12.8 Å². The first-order chi connectivity index (χ1) is 14.1. The Labute approximate surface area is 179 Å². The molecule has 0 aliphatic heterocycles. The average molecular weight is 410 g/mol. The van der Waals surface area contributed by atoms with E-state index < -0.39 is 12.0 Å². The van der Waals surface area contributed by atoms with E-state index in [0.29, 0.717) is 6.42 Å². The molecule has 1 amide bonds. The Hall–Kier alpha value is -1.32. The van der Waals surface area contributed by atoms with Crippen molar-refractivity contribution in [3.63, 3.8) is 0 Å². The van der Waals surface area contributed by atoms with E-state index in [1.165, 1.54) is 103 Å². The van der Waals surface area contributed by atoms with Gasteiger partial charge in [0.2, 0.25) is 5.91 Å². The molecule has 0 bridgehead atoms. The minimum atomic E-state index is -0.984. The SMILES string of the molecule is CCCCCCCC/C=C\CCCCCCCCCCCC(=O)N[C@@H](C)C(=O)O. The van der Waals surface area contributed by atoms with Crippen molar-refractivity contribution in [2.45, 2.75) is 135 Å². The molecule has 0 unspecified atom stereocenters. The molecule has 170 valence electrons. The van der Waals surface area contributed by atoms with Crippen LogP contribution in [0.15, 0.2) is 12.2 Å². The second-order valence-electron chi connectivity index (χ2n) is 8.38. The third-order valence-corrected chi connectivity index (χ3v) is 5.41. The number of allylic oxidation sites excluding steroid dienone is 2. The number of carbonyl (C=O) groups is 2. The molecule has 0 aromatic heterocycles. The van der Waals surface area contributed by atoms with Crippen molar-refractivity contribution >= 4 is 11.9 Å². The minimum Gasteiger partial charge on any atom is -0.480 e. The van der Waals surface area contributed by atoms with Crippen molar-refractivity contribution in [1.29, 1.82) is 0 Å². The van der Waals surface area contributed by atoms with E-state index in [9.17, 15) is 9.59 Å². The molecule has 0 spiro atoms. The van der Waals surface area contributed by atoms with Gasteiger partial charge in [-0.2, -0.15) is 0 Å². The Kier molecular flexibility index (Phi) is 20.4. The third-order valence-electron chi connectivity index (χ3n) is 5.41. The van der Waals surface area contributed by atoms with Crippen LogP contribution in [0.2, 0.25) is 0 Å². The van der Waals surface area contributed by atoms with E-state index in [1.54, 1.807) is 0 Å². The summed E-state index contributed by atoms with van der Waals surface area (Å²) < 4.78 is 0. The number of carboxylic acids is 1. The molecule has 0 aromatic rings. The topological polar surface area (TPSA) is 66.4 Å². The monoisotopic (exact) mass is 409 g/mol. The predicted molar refractivity (Wildman–Crippen MR) is 123 cm³/mol. The second-order valence-corrected chi connectivity index (χ2v) is 8.38. The lowest BCUT2D eigenvalue weighted by Gasteiger charge is -2.08. The molecular formula is C25H47NO3. The van der Waals surface area contributed by atoms with Gasteiger partial charge in [0.25, 0.3) is 0 Å². The van der Waals surface area contributed by atoms with Gasteiger partial charge in [-0.15, -0.1) is 0 Å². The highest BCUT2D eigenvalue weighted by Gasteiger charge is 2.12. The van der Waals surface area contributed by atoms with Crippen LogP contribution in [0.4, 0.5) is 0 Å². The fraction of sp³-hybridized carbons (Fsp3) is 0.840. The number of rotatable bonds is 21. The molecule has 1 atom stereocenters. The van der Waals surface area contributed by atoms with Crippen molar-refractivity contribution in [3.8, 4) is 0 Å². The standard InChI is InChI=1S/C25H47NO3/c1-3-4-5-6-7-8-9-10-11-12-13-14-15-16-17-18-19-20-21-22-24(27)26-23(2)25(28)29/h10-11,23H,3-9,12-22H2,1-2H3,(H,26,27)(H,28,29)/b11-10-/t23-/m0/s1. The maximum absolute atomic E-state index is 11.6. The lowest BCUT2D eigenvalue weighted by Crippen LogP contribution is -2.38. The average Bonchev–Trinajstić information content (AvgIpc) is 2.69. The van der Waals surface area contributed by atoms with E-state index in [2.05, 4.69) is 24.4 Å². The highest BCUT2D eigenvalue weighted by atomic mass is 16.4. The molecule has 0 saturated heterocycles. The summed E-state index contributed by atoms with van der Waals surface area (Å²) in [4.78, 5) is 22.2. The zero-order valence-corrected chi connectivity index (χ0v) is 19.2. The van der Waals surface area contributed by atoms with Crippen LogP contribution >= 0.6 is 0 Å². The van der Waals surface area contributed by atoms with Crippen LogP contribution in [0, 0.1) is 0 Å². The number of carboxylic acid groups (broad SMARTS) is 1. The summed E-state index contributed by atoms with van der Waals surface area (Å²) in [7, 11) is 0. The van der Waals surface area contributed by atoms with Crippen molar-refractivity contribution in [3.05, 3.63) is 12.2 Å². The molecule has 0 fully saturated rings. The molecule has 0 aromatic carbocycles. The van der Waals surface area contributed by atoms with Crippen molar-refractivity contribution < 1.29 is 14.7 Å². The normalized spacial score (nSPS) is 12.3. The Morgan fingerprint density at radius 1 is 0.724 bits per heavy atom. The van der Waals surface area contributed by atoms with Gasteiger partial charge in [-0.25, -0.2) is 0 Å². The quantitative estimate of drug-likeness (QED) is 0.156. The Morgan fingerprint density at radius 2 is 1.14 bits per heavy atom. The van der Waals surface area contributed by atoms with Gasteiger partial charge in [0.15, 0.2) is 0 Å². The summed E-state index contributed by atoms with van der Waals surface area (Å²) in [6.45, 7) is 3.76. The summed E-state index contributed by atoms with van der Waals surface area (Å²) in [6.07, 6.45) is 26.9. The summed E-state index contributed by atoms with van der Waals surface area (Å²) in [6, 6.07) is -0.793. The zero-order valence-electron chi connectivity index (χ0n) is 19.2. The lowest BCUT2D eigenvalue weighted by molar-refractivity contribution is -0.141. The zero-order chi connectivity index (χ0) is 21.6. The van der Waals surface area contributed by atoms with Crippen molar-refractivity contribution in [1.82, 2.24) is 5.32 Å². The van der Waals surface area contributed by atoms with Gasteiger partial charge < -0.3 is 10.4 Å². The molecule has 0 saturated carbocycles. The maximum atomic E-state index is 11.6. The summed E-state index contributed by atoms with van der Waals surface area (Å²) in [5, 5.41) is 11.2. The number of nitrogens with one attached hydrogen (secondary N) is 1. The van der Waals surface area contributed by atoms with Gasteiger partial charge in [-0.05, 0) is 39.0 Å². The van der Waals surface area contributed by atoms with Gasteiger partial charge >= 0.3 is 5.97 Å². The summed E-state index contributed by atoms with van der Waals surface area (Å²) >= 11 is 0. The molecule has 4 nitrogen and oxygen atoms in total. The van der Waals surface area contributed by atoms with Gasteiger partial charge in [-0.1, -0.05) is 96.1 Å². The molecule has 0 aliphatic carbocycles. The molecule has 0 heterocycles. The molecule has 4 heteroatoms. The van der Waals surface area contributed by atoms with E-state index in [4.69, 9.17) is 5.11 Å². The van der Waals surface area contributed by atoms with Crippen LogP contribution in [-0.2, 0) is 9.59 Å². The predicted octanol–water partition coefficient (Wildman–Crippen LogP) is 7.17. The first-order valence-electron chi connectivity index (χ1n) is 12.2. The fourth-order valence-corrected chi connectivity index (χ4v) is 3.44. The minimum absolute atomic E-state index is 0.152. The molecular weight excluding hydrogens is 362 g/mol. The highest BCUT2D eigenvalue weighted by molar-refractivity contribution is 5.83. The number of unbranched alkanes of at least 4 members (excludes halogenated alkanes) is 15. The summed E-state index contributed by atoms with van der Waals surface area (Å²) in [5.74, 6) is -1.14. The smallest absolute Gasteiger partial charge is 0.325 e. The van der Waals surface area contributed by atoms with E-state index in [1.807, 2.05) is 0 Å². The fourth-order valence-electron chi connectivity index (χ4n) is 3.44. The van der Waals surface area contributed by atoms with Crippen molar-refractivity contribution in [2.24, 2.45) is 0 Å². The molecule has 0 rings (SSSR count). The van der Waals surface area contributed by atoms with Crippen LogP contribution in [0.5, 0.6) is 0 Å². The first-order valence-corrected chi connectivity index (χ1v) is 12.2. The lowest BCUT2D eigenvalue weighted by atomic mass is 10.1. The second kappa shape index (κ2) is 21.4. The first kappa shape index (κ1) is 27.7. The maximum Gasteiger partial charge on any atom is 0.325 e. The number of amides is 1. The van der Waals surface area contributed by atoms with E-state index in [-0.39, 0.29) is 5.91 Å². The van der Waals surface area contributed by atoms with Crippen molar-refractivity contribution in [2.75, 3.05) is 0 Å². The van der Waals surface area contributed by atoms with Crippen LogP contribution in [0.1, 0.15) is 129 Å². The highest BCUT2D eigenvalue weighted by Crippen LogP contribution is 2.12. The Morgan fingerprint density at radius 3 is 1.59 bits per heavy atom.